The molecule has 0 radical (unpaired) electrons. The summed E-state index contributed by atoms with van der Waals surface area (Å²) in [6.45, 7) is 6.76. The lowest BCUT2D eigenvalue weighted by atomic mass is 9.75. The van der Waals surface area contributed by atoms with E-state index in [1.807, 2.05) is 0 Å². The molecule has 106 valence electrons. The van der Waals surface area contributed by atoms with E-state index in [9.17, 15) is 0 Å². The fourth-order valence-electron chi connectivity index (χ4n) is 3.49. The van der Waals surface area contributed by atoms with Crippen molar-refractivity contribution in [3.8, 4) is 0 Å². The summed E-state index contributed by atoms with van der Waals surface area (Å²) >= 11 is 0. The first-order valence-corrected chi connectivity index (χ1v) is 8.14. The average Bonchev–Trinajstić information content (AvgIpc) is 2.46. The number of hydrogen-bond acceptors (Lipinski definition) is 1. The van der Waals surface area contributed by atoms with E-state index in [0.717, 1.165) is 18.4 Å². The smallest absolute Gasteiger partial charge is 0.00148 e. The highest BCUT2D eigenvalue weighted by molar-refractivity contribution is 5.27. The van der Waals surface area contributed by atoms with Crippen LogP contribution in [-0.4, -0.2) is 13.1 Å². The molecule has 0 aromatic heterocycles. The number of aryl methyl sites for hydroxylation is 1. The van der Waals surface area contributed by atoms with Crippen molar-refractivity contribution in [2.45, 2.75) is 58.3 Å². The van der Waals surface area contributed by atoms with E-state index in [4.69, 9.17) is 0 Å². The van der Waals surface area contributed by atoms with Gasteiger partial charge in [0.25, 0.3) is 0 Å². The highest BCUT2D eigenvalue weighted by atomic mass is 14.8. The van der Waals surface area contributed by atoms with Gasteiger partial charge < -0.3 is 5.32 Å². The summed E-state index contributed by atoms with van der Waals surface area (Å²) in [5, 5.41) is 3.56. The Labute approximate surface area is 118 Å². The lowest BCUT2D eigenvalue weighted by molar-refractivity contribution is 0.297. The number of rotatable bonds is 6. The Kier molecular flexibility index (Phi) is 5.91. The SMILES string of the molecule is CCCc1cccc(C2CCCCC2CNCC)c1. The molecule has 0 aliphatic heterocycles. The maximum atomic E-state index is 3.56. The molecule has 0 heterocycles. The molecule has 1 N–H and O–H groups in total. The van der Waals surface area contributed by atoms with Crippen LogP contribution in [-0.2, 0) is 6.42 Å². The summed E-state index contributed by atoms with van der Waals surface area (Å²) in [5.41, 5.74) is 3.11. The molecule has 1 nitrogen and oxygen atoms in total. The maximum absolute atomic E-state index is 3.56. The van der Waals surface area contributed by atoms with Crippen molar-refractivity contribution in [2.75, 3.05) is 13.1 Å². The number of benzene rings is 1. The lowest BCUT2D eigenvalue weighted by Crippen LogP contribution is -2.29. The van der Waals surface area contributed by atoms with Gasteiger partial charge in [-0.3, -0.25) is 0 Å². The molecule has 1 aromatic rings. The normalized spacial score (nSPS) is 23.5. The van der Waals surface area contributed by atoms with Gasteiger partial charge in [-0.15, -0.1) is 0 Å². The van der Waals surface area contributed by atoms with Gasteiger partial charge in [-0.25, -0.2) is 0 Å². The van der Waals surface area contributed by atoms with Crippen molar-refractivity contribution < 1.29 is 0 Å². The van der Waals surface area contributed by atoms with Crippen LogP contribution in [0.3, 0.4) is 0 Å². The fourth-order valence-corrected chi connectivity index (χ4v) is 3.49. The quantitative estimate of drug-likeness (QED) is 0.792. The van der Waals surface area contributed by atoms with Gasteiger partial charge in [-0.1, -0.05) is 57.4 Å². The Balaban J connectivity index is 2.09. The molecule has 0 saturated heterocycles. The van der Waals surface area contributed by atoms with Crippen molar-refractivity contribution in [1.82, 2.24) is 5.32 Å². The van der Waals surface area contributed by atoms with Crippen molar-refractivity contribution in [2.24, 2.45) is 5.92 Å². The molecular formula is C18H29N. The van der Waals surface area contributed by atoms with E-state index in [2.05, 4.69) is 43.4 Å². The third kappa shape index (κ3) is 4.07. The standard InChI is InChI=1S/C18H29N/c1-3-8-15-9-7-11-16(13-15)18-12-6-5-10-17(18)14-19-4-2/h7,9,11,13,17-19H,3-6,8,10,12,14H2,1-2H3. The Morgan fingerprint density at radius 1 is 1.16 bits per heavy atom. The summed E-state index contributed by atoms with van der Waals surface area (Å²) in [5.74, 6) is 1.62. The van der Waals surface area contributed by atoms with Gasteiger partial charge in [-0.2, -0.15) is 0 Å². The van der Waals surface area contributed by atoms with Gasteiger partial charge in [0.2, 0.25) is 0 Å². The van der Waals surface area contributed by atoms with Gasteiger partial charge in [0, 0.05) is 0 Å². The van der Waals surface area contributed by atoms with E-state index >= 15 is 0 Å². The lowest BCUT2D eigenvalue weighted by Gasteiger charge is -2.32. The molecule has 2 rings (SSSR count). The summed E-state index contributed by atoms with van der Waals surface area (Å²) in [7, 11) is 0. The molecule has 1 aliphatic carbocycles. The predicted octanol–water partition coefficient (Wildman–Crippen LogP) is 4.52. The van der Waals surface area contributed by atoms with E-state index in [0.29, 0.717) is 0 Å². The van der Waals surface area contributed by atoms with Crippen LogP contribution in [0.15, 0.2) is 24.3 Å². The van der Waals surface area contributed by atoms with Gasteiger partial charge >= 0.3 is 0 Å². The molecule has 2 unspecified atom stereocenters. The molecule has 2 atom stereocenters. The van der Waals surface area contributed by atoms with Crippen LogP contribution in [0.25, 0.3) is 0 Å². The Morgan fingerprint density at radius 2 is 2.00 bits per heavy atom. The van der Waals surface area contributed by atoms with Crippen LogP contribution < -0.4 is 5.32 Å². The predicted molar refractivity (Wildman–Crippen MR) is 83.7 cm³/mol. The molecule has 19 heavy (non-hydrogen) atoms. The minimum Gasteiger partial charge on any atom is -0.317 e. The van der Waals surface area contributed by atoms with Gasteiger partial charge in [0.15, 0.2) is 0 Å². The van der Waals surface area contributed by atoms with E-state index in [1.54, 1.807) is 5.56 Å². The zero-order valence-electron chi connectivity index (χ0n) is 12.6. The zero-order valence-corrected chi connectivity index (χ0v) is 12.6. The molecule has 0 amide bonds. The molecule has 1 aliphatic rings. The first kappa shape index (κ1) is 14.6. The monoisotopic (exact) mass is 259 g/mol. The van der Waals surface area contributed by atoms with Gasteiger partial charge in [0.05, 0.1) is 0 Å². The third-order valence-electron chi connectivity index (χ3n) is 4.48. The van der Waals surface area contributed by atoms with Crippen molar-refractivity contribution in [3.05, 3.63) is 35.4 Å². The summed E-state index contributed by atoms with van der Waals surface area (Å²) in [6, 6.07) is 9.38. The number of nitrogens with one attached hydrogen (secondary N) is 1. The van der Waals surface area contributed by atoms with Crippen LogP contribution in [0.5, 0.6) is 0 Å². The van der Waals surface area contributed by atoms with Crippen molar-refractivity contribution >= 4 is 0 Å². The van der Waals surface area contributed by atoms with Crippen LogP contribution in [0.4, 0.5) is 0 Å². The second-order valence-corrected chi connectivity index (χ2v) is 5.95. The molecule has 0 spiro atoms. The highest BCUT2D eigenvalue weighted by Gasteiger charge is 2.25. The molecule has 1 fully saturated rings. The third-order valence-corrected chi connectivity index (χ3v) is 4.48. The summed E-state index contributed by atoms with van der Waals surface area (Å²) < 4.78 is 0. The van der Waals surface area contributed by atoms with Gasteiger partial charge in [0.1, 0.15) is 0 Å². The van der Waals surface area contributed by atoms with Gasteiger partial charge in [-0.05, 0) is 55.3 Å². The van der Waals surface area contributed by atoms with Crippen LogP contribution in [0, 0.1) is 5.92 Å². The molecule has 1 aromatic carbocycles. The number of hydrogen-bond donors (Lipinski definition) is 1. The summed E-state index contributed by atoms with van der Waals surface area (Å²) in [6.07, 6.45) is 8.07. The average molecular weight is 259 g/mol. The highest BCUT2D eigenvalue weighted by Crippen LogP contribution is 2.37. The fraction of sp³-hybridized carbons (Fsp3) is 0.667. The van der Waals surface area contributed by atoms with Crippen LogP contribution in [0.2, 0.25) is 0 Å². The molecule has 1 heteroatoms. The van der Waals surface area contributed by atoms with E-state index < -0.39 is 0 Å². The Morgan fingerprint density at radius 3 is 2.79 bits per heavy atom. The Hall–Kier alpha value is -0.820. The molecular weight excluding hydrogens is 230 g/mol. The second kappa shape index (κ2) is 7.69. The van der Waals surface area contributed by atoms with Crippen molar-refractivity contribution in [3.63, 3.8) is 0 Å². The topological polar surface area (TPSA) is 12.0 Å². The van der Waals surface area contributed by atoms with E-state index in [-0.39, 0.29) is 0 Å². The van der Waals surface area contributed by atoms with Crippen molar-refractivity contribution in [1.29, 1.82) is 0 Å². The first-order valence-electron chi connectivity index (χ1n) is 8.14. The summed E-state index contributed by atoms with van der Waals surface area (Å²) in [4.78, 5) is 0. The minimum atomic E-state index is 0.782. The van der Waals surface area contributed by atoms with Crippen LogP contribution >= 0.6 is 0 Å². The Bertz CT molecular complexity index is 372. The first-order chi connectivity index (χ1) is 9.35. The second-order valence-electron chi connectivity index (χ2n) is 5.95. The maximum Gasteiger partial charge on any atom is -0.00148 e. The van der Waals surface area contributed by atoms with E-state index in [1.165, 1.54) is 50.6 Å². The molecule has 1 saturated carbocycles. The van der Waals surface area contributed by atoms with Crippen LogP contribution in [0.1, 0.15) is 63.0 Å². The zero-order chi connectivity index (χ0) is 13.5. The largest absolute Gasteiger partial charge is 0.317 e. The molecule has 0 bridgehead atoms. The minimum absolute atomic E-state index is 0.782.